The first-order chi connectivity index (χ1) is 24.0. The second-order valence-electron chi connectivity index (χ2n) is 15.1. The second kappa shape index (κ2) is 11.0. The van der Waals surface area contributed by atoms with Gasteiger partial charge in [0.2, 0.25) is 0 Å². The molecule has 4 nitrogen and oxygen atoms in total. The summed E-state index contributed by atoms with van der Waals surface area (Å²) in [7, 11) is 0. The zero-order chi connectivity index (χ0) is 32.7. The molecule has 2 heterocycles. The molecule has 0 N–H and O–H groups in total. The van der Waals surface area contributed by atoms with Crippen LogP contribution in [0.25, 0.3) is 34.2 Å². The topological polar surface area (TPSA) is 41.9 Å². The first kappa shape index (κ1) is 28.9. The summed E-state index contributed by atoms with van der Waals surface area (Å²) in [6.45, 7) is 4.20. The van der Waals surface area contributed by atoms with E-state index in [0.717, 1.165) is 46.0 Å². The summed E-state index contributed by atoms with van der Waals surface area (Å²) in [6.07, 6.45) is 6.98. The minimum absolute atomic E-state index is 0.112. The third kappa shape index (κ3) is 4.46. The van der Waals surface area contributed by atoms with Crippen LogP contribution in [-0.4, -0.2) is 15.0 Å². The van der Waals surface area contributed by atoms with Crippen molar-refractivity contribution in [1.29, 1.82) is 0 Å². The van der Waals surface area contributed by atoms with Gasteiger partial charge >= 0.3 is 0 Å². The molecule has 1 aliphatic heterocycles. The van der Waals surface area contributed by atoms with Crippen LogP contribution >= 0.6 is 0 Å². The van der Waals surface area contributed by atoms with E-state index in [4.69, 9.17) is 15.0 Å². The van der Waals surface area contributed by atoms with Gasteiger partial charge in [0.05, 0.1) is 11.4 Å². The Kier molecular flexibility index (Phi) is 6.46. The SMILES string of the molecule is Cc1ccc(-c2nc(-c3ccc(C)cc3)nc(-c3ccc(N4c5ccccc5C5(c6ccccc64)C4CC6CC(C4)CC5C6)cc3)n2)cc1. The molecule has 4 bridgehead atoms. The monoisotopic (exact) mass is 636 g/mol. The quantitative estimate of drug-likeness (QED) is 0.193. The molecule has 0 unspecified atom stereocenters. The molecule has 1 aromatic heterocycles. The Hall–Kier alpha value is -5.09. The molecule has 4 saturated carbocycles. The van der Waals surface area contributed by atoms with Gasteiger partial charge in [-0.1, -0.05) is 96.1 Å². The van der Waals surface area contributed by atoms with E-state index in [0.29, 0.717) is 17.5 Å². The molecule has 240 valence electrons. The molecule has 0 atom stereocenters. The Labute approximate surface area is 288 Å². The Morgan fingerprint density at radius 3 is 1.29 bits per heavy atom. The van der Waals surface area contributed by atoms with E-state index in [2.05, 4.69) is 140 Å². The van der Waals surface area contributed by atoms with Gasteiger partial charge in [-0.05, 0) is 117 Å². The minimum Gasteiger partial charge on any atom is -0.310 e. The number of hydrogen-bond acceptors (Lipinski definition) is 4. The Morgan fingerprint density at radius 2 is 0.857 bits per heavy atom. The van der Waals surface area contributed by atoms with Gasteiger partial charge < -0.3 is 4.90 Å². The molecule has 4 fully saturated rings. The van der Waals surface area contributed by atoms with Gasteiger partial charge in [0.25, 0.3) is 0 Å². The molecule has 5 aliphatic rings. The first-order valence-corrected chi connectivity index (χ1v) is 18.0. The Balaban J connectivity index is 1.08. The fraction of sp³-hybridized carbons (Fsp3) is 0.267. The van der Waals surface area contributed by atoms with E-state index in [9.17, 15) is 0 Å². The second-order valence-corrected chi connectivity index (χ2v) is 15.1. The summed E-state index contributed by atoms with van der Waals surface area (Å²) in [5.41, 5.74) is 12.4. The van der Waals surface area contributed by atoms with Crippen LogP contribution in [0.2, 0.25) is 0 Å². The molecule has 5 aromatic carbocycles. The predicted octanol–water partition coefficient (Wildman–Crippen LogP) is 11.0. The van der Waals surface area contributed by atoms with Crippen LogP contribution in [0.4, 0.5) is 17.1 Å². The number of anilines is 3. The highest BCUT2D eigenvalue weighted by molar-refractivity contribution is 5.87. The number of hydrogen-bond donors (Lipinski definition) is 0. The van der Waals surface area contributed by atoms with E-state index < -0.39 is 0 Å². The number of nitrogens with zero attached hydrogens (tertiary/aromatic N) is 4. The minimum atomic E-state index is 0.112. The zero-order valence-corrected chi connectivity index (χ0v) is 28.2. The summed E-state index contributed by atoms with van der Waals surface area (Å²) in [6, 6.07) is 44.3. The third-order valence-corrected chi connectivity index (χ3v) is 12.2. The van der Waals surface area contributed by atoms with E-state index in [1.165, 1.54) is 65.7 Å². The van der Waals surface area contributed by atoms with Crippen molar-refractivity contribution in [2.75, 3.05) is 4.90 Å². The van der Waals surface area contributed by atoms with Crippen molar-refractivity contribution < 1.29 is 0 Å². The lowest BCUT2D eigenvalue weighted by Gasteiger charge is -2.64. The zero-order valence-electron chi connectivity index (χ0n) is 28.2. The van der Waals surface area contributed by atoms with E-state index in [1.54, 1.807) is 0 Å². The number of aryl methyl sites for hydroxylation is 2. The molecule has 4 aliphatic carbocycles. The molecule has 1 spiro atoms. The molecule has 6 aromatic rings. The molecule has 49 heavy (non-hydrogen) atoms. The van der Waals surface area contributed by atoms with Crippen molar-refractivity contribution in [3.8, 4) is 34.2 Å². The Bertz CT molecular complexity index is 2060. The Morgan fingerprint density at radius 1 is 0.469 bits per heavy atom. The van der Waals surface area contributed by atoms with Gasteiger partial charge in [0.15, 0.2) is 17.5 Å². The van der Waals surface area contributed by atoms with Gasteiger partial charge in [-0.25, -0.2) is 15.0 Å². The van der Waals surface area contributed by atoms with Crippen molar-refractivity contribution in [3.05, 3.63) is 144 Å². The average molecular weight is 637 g/mol. The number of aromatic nitrogens is 3. The lowest BCUT2D eigenvalue weighted by Crippen LogP contribution is -2.57. The normalized spacial score (nSPS) is 22.6. The number of fused-ring (bicyclic) bond motifs is 2. The van der Waals surface area contributed by atoms with Crippen molar-refractivity contribution in [3.63, 3.8) is 0 Å². The number of rotatable bonds is 4. The van der Waals surface area contributed by atoms with Crippen LogP contribution in [0.5, 0.6) is 0 Å². The first-order valence-electron chi connectivity index (χ1n) is 18.0. The molecule has 11 rings (SSSR count). The van der Waals surface area contributed by atoms with Gasteiger partial charge in [0.1, 0.15) is 0 Å². The van der Waals surface area contributed by atoms with Crippen molar-refractivity contribution >= 4 is 17.1 Å². The molecular formula is C45H40N4. The number of benzene rings is 5. The van der Waals surface area contributed by atoms with Gasteiger partial charge in [0, 0.05) is 27.8 Å². The van der Waals surface area contributed by atoms with Crippen molar-refractivity contribution in [1.82, 2.24) is 15.0 Å². The fourth-order valence-electron chi connectivity index (χ4n) is 10.3. The molecule has 0 amide bonds. The summed E-state index contributed by atoms with van der Waals surface area (Å²) in [5, 5.41) is 0. The van der Waals surface area contributed by atoms with Crippen molar-refractivity contribution in [2.45, 2.75) is 51.4 Å². The van der Waals surface area contributed by atoms with Gasteiger partial charge in [-0.2, -0.15) is 0 Å². The van der Waals surface area contributed by atoms with Crippen LogP contribution in [-0.2, 0) is 5.41 Å². The average Bonchev–Trinajstić information content (AvgIpc) is 3.13. The molecule has 0 saturated heterocycles. The fourth-order valence-corrected chi connectivity index (χ4v) is 10.3. The molecule has 0 radical (unpaired) electrons. The standard InChI is InChI=1S/C45H40N4/c1-28-11-15-32(16-12-28)42-46-43(33-17-13-29(2)14-18-33)48-44(47-42)34-19-21-37(22-20-34)49-40-9-5-3-7-38(40)45(39-8-4-6-10-41(39)49)35-24-30-23-31(26-35)27-36(45)25-30/h3-22,30-31,35-36H,23-27H2,1-2H3. The van der Waals surface area contributed by atoms with E-state index >= 15 is 0 Å². The van der Waals surface area contributed by atoms with Crippen LogP contribution in [0.3, 0.4) is 0 Å². The summed E-state index contributed by atoms with van der Waals surface area (Å²) in [4.78, 5) is 17.5. The van der Waals surface area contributed by atoms with Crippen LogP contribution < -0.4 is 4.90 Å². The summed E-state index contributed by atoms with van der Waals surface area (Å²) in [5.74, 6) is 5.35. The van der Waals surface area contributed by atoms with Gasteiger partial charge in [-0.15, -0.1) is 0 Å². The largest absolute Gasteiger partial charge is 0.310 e. The maximum Gasteiger partial charge on any atom is 0.164 e. The van der Waals surface area contributed by atoms with Crippen LogP contribution in [0.15, 0.2) is 121 Å². The lowest BCUT2D eigenvalue weighted by atomic mass is 9.41. The molecular weight excluding hydrogens is 597 g/mol. The summed E-state index contributed by atoms with van der Waals surface area (Å²) >= 11 is 0. The number of para-hydroxylation sites is 2. The van der Waals surface area contributed by atoms with E-state index in [1.807, 2.05) is 0 Å². The summed E-state index contributed by atoms with van der Waals surface area (Å²) < 4.78 is 0. The lowest BCUT2D eigenvalue weighted by molar-refractivity contribution is -0.0419. The maximum atomic E-state index is 5.02. The predicted molar refractivity (Wildman–Crippen MR) is 198 cm³/mol. The van der Waals surface area contributed by atoms with Crippen LogP contribution in [0, 0.1) is 37.5 Å². The highest BCUT2D eigenvalue weighted by Gasteiger charge is 2.61. The highest BCUT2D eigenvalue weighted by Crippen LogP contribution is 2.69. The van der Waals surface area contributed by atoms with E-state index in [-0.39, 0.29) is 5.41 Å². The third-order valence-electron chi connectivity index (χ3n) is 12.2. The smallest absolute Gasteiger partial charge is 0.164 e. The van der Waals surface area contributed by atoms with Crippen LogP contribution in [0.1, 0.15) is 54.4 Å². The molecule has 4 heteroatoms. The van der Waals surface area contributed by atoms with Gasteiger partial charge in [-0.3, -0.25) is 0 Å². The van der Waals surface area contributed by atoms with Crippen molar-refractivity contribution in [2.24, 2.45) is 23.7 Å². The maximum absolute atomic E-state index is 5.02. The highest BCUT2D eigenvalue weighted by atomic mass is 15.2.